The van der Waals surface area contributed by atoms with Crippen LogP contribution in [0.3, 0.4) is 0 Å². The van der Waals surface area contributed by atoms with Crippen LogP contribution in [0.15, 0.2) is 35.7 Å². The van der Waals surface area contributed by atoms with Crippen LogP contribution in [0.5, 0.6) is 11.5 Å². The first-order chi connectivity index (χ1) is 9.24. The van der Waals surface area contributed by atoms with Crippen LogP contribution in [0.25, 0.3) is 0 Å². The Hall–Kier alpha value is -1.52. The predicted octanol–water partition coefficient (Wildman–Crippen LogP) is 3.62. The Kier molecular flexibility index (Phi) is 4.82. The summed E-state index contributed by atoms with van der Waals surface area (Å²) in [6.45, 7) is 2.98. The second kappa shape index (κ2) is 6.59. The third kappa shape index (κ3) is 3.49. The third-order valence-corrected chi connectivity index (χ3v) is 4.09. The molecule has 1 aromatic heterocycles. The van der Waals surface area contributed by atoms with Crippen molar-refractivity contribution >= 4 is 11.3 Å². The van der Waals surface area contributed by atoms with Gasteiger partial charge in [-0.2, -0.15) is 0 Å². The van der Waals surface area contributed by atoms with Crippen LogP contribution in [-0.2, 0) is 6.54 Å². The molecule has 0 spiro atoms. The van der Waals surface area contributed by atoms with E-state index in [9.17, 15) is 0 Å². The fourth-order valence-electron chi connectivity index (χ4n) is 1.90. The molecule has 2 rings (SSSR count). The summed E-state index contributed by atoms with van der Waals surface area (Å²) in [5.41, 5.74) is 1.18. The van der Waals surface area contributed by atoms with Crippen LogP contribution in [-0.4, -0.2) is 14.2 Å². The lowest BCUT2D eigenvalue weighted by Gasteiger charge is -2.14. The van der Waals surface area contributed by atoms with Gasteiger partial charge in [0, 0.05) is 17.5 Å². The largest absolute Gasteiger partial charge is 0.493 e. The minimum Gasteiger partial charge on any atom is -0.493 e. The van der Waals surface area contributed by atoms with E-state index in [0.717, 1.165) is 18.0 Å². The van der Waals surface area contributed by atoms with Crippen molar-refractivity contribution < 1.29 is 9.47 Å². The van der Waals surface area contributed by atoms with Gasteiger partial charge < -0.3 is 14.8 Å². The van der Waals surface area contributed by atoms with Gasteiger partial charge in [0.15, 0.2) is 11.5 Å². The number of ether oxygens (including phenoxy) is 2. The van der Waals surface area contributed by atoms with Crippen LogP contribution >= 0.6 is 11.3 Å². The molecule has 0 saturated carbocycles. The second-order valence-corrected chi connectivity index (χ2v) is 5.29. The molecule has 0 aliphatic carbocycles. The molecule has 1 N–H and O–H groups in total. The summed E-state index contributed by atoms with van der Waals surface area (Å²) >= 11 is 1.77. The monoisotopic (exact) mass is 277 g/mol. The highest BCUT2D eigenvalue weighted by Gasteiger charge is 2.08. The van der Waals surface area contributed by atoms with Crippen LogP contribution in [0.1, 0.15) is 23.4 Å². The number of nitrogens with one attached hydrogen (secondary N) is 1. The van der Waals surface area contributed by atoms with Gasteiger partial charge in [0.05, 0.1) is 14.2 Å². The Morgan fingerprint density at radius 1 is 1.16 bits per heavy atom. The Balaban J connectivity index is 1.99. The summed E-state index contributed by atoms with van der Waals surface area (Å²) in [6.07, 6.45) is 0. The van der Waals surface area contributed by atoms with Gasteiger partial charge in [-0.05, 0) is 36.1 Å². The summed E-state index contributed by atoms with van der Waals surface area (Å²) in [5, 5.41) is 5.61. The first-order valence-corrected chi connectivity index (χ1v) is 7.10. The summed E-state index contributed by atoms with van der Waals surface area (Å²) < 4.78 is 10.5. The van der Waals surface area contributed by atoms with E-state index >= 15 is 0 Å². The van der Waals surface area contributed by atoms with Gasteiger partial charge in [0.1, 0.15) is 0 Å². The first-order valence-electron chi connectivity index (χ1n) is 6.22. The highest BCUT2D eigenvalue weighted by atomic mass is 32.1. The molecule has 0 aliphatic heterocycles. The van der Waals surface area contributed by atoms with Crippen molar-refractivity contribution in [3.05, 3.63) is 46.2 Å². The van der Waals surface area contributed by atoms with E-state index in [-0.39, 0.29) is 0 Å². The Morgan fingerprint density at radius 3 is 2.58 bits per heavy atom. The van der Waals surface area contributed by atoms with Gasteiger partial charge in [-0.15, -0.1) is 11.3 Å². The van der Waals surface area contributed by atoms with Crippen molar-refractivity contribution in [2.75, 3.05) is 14.2 Å². The maximum absolute atomic E-state index is 5.31. The predicted molar refractivity (Wildman–Crippen MR) is 79.1 cm³/mol. The average Bonchev–Trinajstić information content (AvgIpc) is 2.98. The third-order valence-electron chi connectivity index (χ3n) is 3.03. The Labute approximate surface area is 118 Å². The minimum atomic E-state index is 0.355. The van der Waals surface area contributed by atoms with E-state index in [1.165, 1.54) is 10.4 Å². The standard InChI is InChI=1S/C15H19NO2S/c1-11(15-5-4-8-19-15)16-10-12-6-7-13(17-2)14(9-12)18-3/h4-9,11,16H,10H2,1-3H3/t11-/m1/s1. The minimum absolute atomic E-state index is 0.355. The molecule has 0 bridgehead atoms. The number of hydrogen-bond donors (Lipinski definition) is 1. The van der Waals surface area contributed by atoms with Gasteiger partial charge in [-0.25, -0.2) is 0 Å². The summed E-state index contributed by atoms with van der Waals surface area (Å²) in [6, 6.07) is 10.6. The lowest BCUT2D eigenvalue weighted by molar-refractivity contribution is 0.354. The number of thiophene rings is 1. The quantitative estimate of drug-likeness (QED) is 0.875. The average molecular weight is 277 g/mol. The first kappa shape index (κ1) is 13.9. The van der Waals surface area contributed by atoms with Gasteiger partial charge in [-0.1, -0.05) is 12.1 Å². The van der Waals surface area contributed by atoms with Crippen LogP contribution < -0.4 is 14.8 Å². The maximum atomic E-state index is 5.31. The van der Waals surface area contributed by atoms with E-state index in [0.29, 0.717) is 6.04 Å². The zero-order valence-electron chi connectivity index (χ0n) is 11.5. The number of rotatable bonds is 6. The molecule has 19 heavy (non-hydrogen) atoms. The smallest absolute Gasteiger partial charge is 0.161 e. The molecule has 0 radical (unpaired) electrons. The molecule has 0 saturated heterocycles. The number of hydrogen-bond acceptors (Lipinski definition) is 4. The Bertz CT molecular complexity index is 511. The van der Waals surface area contributed by atoms with E-state index in [2.05, 4.69) is 35.8 Å². The van der Waals surface area contributed by atoms with Gasteiger partial charge in [-0.3, -0.25) is 0 Å². The molecule has 4 heteroatoms. The molecule has 102 valence electrons. The molecule has 0 fully saturated rings. The van der Waals surface area contributed by atoms with Crippen LogP contribution in [0.4, 0.5) is 0 Å². The van der Waals surface area contributed by atoms with Gasteiger partial charge in [0.25, 0.3) is 0 Å². The van der Waals surface area contributed by atoms with Gasteiger partial charge >= 0.3 is 0 Å². The fraction of sp³-hybridized carbons (Fsp3) is 0.333. The number of benzene rings is 1. The normalized spacial score (nSPS) is 12.2. The summed E-state index contributed by atoms with van der Waals surface area (Å²) in [7, 11) is 3.30. The van der Waals surface area contributed by atoms with Crippen molar-refractivity contribution in [2.24, 2.45) is 0 Å². The van der Waals surface area contributed by atoms with Crippen molar-refractivity contribution in [1.82, 2.24) is 5.32 Å². The summed E-state index contributed by atoms with van der Waals surface area (Å²) in [4.78, 5) is 1.35. The fourth-order valence-corrected chi connectivity index (χ4v) is 2.66. The highest BCUT2D eigenvalue weighted by Crippen LogP contribution is 2.28. The molecular formula is C15H19NO2S. The lowest BCUT2D eigenvalue weighted by atomic mass is 10.2. The van der Waals surface area contributed by atoms with Crippen molar-refractivity contribution in [1.29, 1.82) is 0 Å². The molecular weight excluding hydrogens is 258 g/mol. The number of methoxy groups -OCH3 is 2. The van der Waals surface area contributed by atoms with E-state index in [1.54, 1.807) is 25.6 Å². The SMILES string of the molecule is COc1ccc(CN[C@H](C)c2cccs2)cc1OC. The molecule has 0 unspecified atom stereocenters. The van der Waals surface area contributed by atoms with Crippen molar-refractivity contribution in [3.63, 3.8) is 0 Å². The van der Waals surface area contributed by atoms with Gasteiger partial charge in [0.2, 0.25) is 0 Å². The van der Waals surface area contributed by atoms with Crippen molar-refractivity contribution in [3.8, 4) is 11.5 Å². The molecule has 1 aromatic carbocycles. The molecule has 3 nitrogen and oxygen atoms in total. The van der Waals surface area contributed by atoms with Crippen LogP contribution in [0, 0.1) is 0 Å². The molecule has 1 heterocycles. The molecule has 1 atom stereocenters. The molecule has 0 aliphatic rings. The molecule has 2 aromatic rings. The zero-order valence-corrected chi connectivity index (χ0v) is 12.3. The van der Waals surface area contributed by atoms with Crippen LogP contribution in [0.2, 0.25) is 0 Å². The second-order valence-electron chi connectivity index (χ2n) is 4.31. The highest BCUT2D eigenvalue weighted by molar-refractivity contribution is 7.10. The Morgan fingerprint density at radius 2 is 1.95 bits per heavy atom. The van der Waals surface area contributed by atoms with E-state index < -0.39 is 0 Å². The van der Waals surface area contributed by atoms with Crippen molar-refractivity contribution in [2.45, 2.75) is 19.5 Å². The summed E-state index contributed by atoms with van der Waals surface area (Å²) in [5.74, 6) is 1.53. The lowest BCUT2D eigenvalue weighted by Crippen LogP contribution is -2.17. The maximum Gasteiger partial charge on any atom is 0.161 e. The molecule has 0 amide bonds. The topological polar surface area (TPSA) is 30.5 Å². The zero-order chi connectivity index (χ0) is 13.7. The van der Waals surface area contributed by atoms with E-state index in [1.807, 2.05) is 12.1 Å². The van der Waals surface area contributed by atoms with E-state index in [4.69, 9.17) is 9.47 Å².